The number of ketones is 2. The fraction of sp³-hybridized carbons (Fsp3) is 0.700. The molecule has 1 N–H and O–H groups in total. The van der Waals surface area contributed by atoms with E-state index in [0.29, 0.717) is 12.8 Å². The maximum atomic E-state index is 10.7. The van der Waals surface area contributed by atoms with Gasteiger partial charge in [0.2, 0.25) is 5.54 Å². The van der Waals surface area contributed by atoms with Crippen LogP contribution in [0, 0.1) is 13.1 Å². The summed E-state index contributed by atoms with van der Waals surface area (Å²) in [4.78, 5) is 30.4. The topological polar surface area (TPSA) is 54.9 Å². The van der Waals surface area contributed by atoms with E-state index < -0.39 is 0 Å². The van der Waals surface area contributed by atoms with Gasteiger partial charge in [-0.15, -0.1) is 0 Å². The Morgan fingerprint density at radius 3 is 1.77 bits per heavy atom. The number of carbonyl (C=O) groups excluding carboxylic acids is 2. The molecule has 26 heavy (non-hydrogen) atoms. The monoisotopic (exact) mass is 377 g/mol. The summed E-state index contributed by atoms with van der Waals surface area (Å²) >= 11 is 5.30. The van der Waals surface area contributed by atoms with Gasteiger partial charge >= 0.3 is 0 Å². The lowest BCUT2D eigenvalue weighted by molar-refractivity contribution is -0.118. The quantitative estimate of drug-likeness (QED) is 0.415. The molecule has 3 aliphatic carbocycles. The molecular formula is C20H28ClN3O2. The molecule has 0 radical (unpaired) electrons. The lowest BCUT2D eigenvalue weighted by Gasteiger charge is -2.28. The number of hydrogen-bond donors (Lipinski definition) is 1. The Labute approximate surface area is 161 Å². The van der Waals surface area contributed by atoms with E-state index in [9.17, 15) is 9.59 Å². The van der Waals surface area contributed by atoms with Crippen molar-refractivity contribution in [1.29, 1.82) is 0 Å². The van der Waals surface area contributed by atoms with E-state index in [-0.39, 0.29) is 22.8 Å². The van der Waals surface area contributed by atoms with Crippen LogP contribution in [0.2, 0.25) is 0 Å². The van der Waals surface area contributed by atoms with Gasteiger partial charge in [0.1, 0.15) is 11.6 Å². The number of allylic oxidation sites excluding steroid dienone is 2. The summed E-state index contributed by atoms with van der Waals surface area (Å²) in [6.45, 7) is 16.8. The molecule has 0 aliphatic heterocycles. The van der Waals surface area contributed by atoms with E-state index in [2.05, 4.69) is 20.6 Å². The van der Waals surface area contributed by atoms with Crippen LogP contribution in [0.5, 0.6) is 0 Å². The zero-order chi connectivity index (χ0) is 19.6. The van der Waals surface area contributed by atoms with E-state index in [0.717, 1.165) is 44.9 Å². The Bertz CT molecular complexity index is 614. The number of rotatable bonds is 5. The Hall–Kier alpha value is -1.69. The molecular weight excluding hydrogens is 350 g/mol. The van der Waals surface area contributed by atoms with Crippen LogP contribution in [0.15, 0.2) is 11.6 Å². The predicted octanol–water partition coefficient (Wildman–Crippen LogP) is 5.02. The van der Waals surface area contributed by atoms with Crippen molar-refractivity contribution in [1.82, 2.24) is 4.84 Å². The highest BCUT2D eigenvalue weighted by atomic mass is 35.5. The third-order valence-electron chi connectivity index (χ3n) is 5.04. The molecule has 0 atom stereocenters. The fourth-order valence-corrected chi connectivity index (χ4v) is 3.18. The highest BCUT2D eigenvalue weighted by Crippen LogP contribution is 2.38. The van der Waals surface area contributed by atoms with Gasteiger partial charge in [-0.05, 0) is 51.3 Å². The minimum absolute atomic E-state index is 0.149. The zero-order valence-electron chi connectivity index (χ0n) is 15.7. The minimum atomic E-state index is -0.387. The van der Waals surface area contributed by atoms with Gasteiger partial charge in [0, 0.05) is 32.1 Å². The minimum Gasteiger partial charge on any atom is -0.310 e. The lowest BCUT2D eigenvalue weighted by Crippen LogP contribution is -2.42. The van der Waals surface area contributed by atoms with E-state index in [1.165, 1.54) is 12.0 Å². The molecule has 0 aromatic carbocycles. The zero-order valence-corrected chi connectivity index (χ0v) is 16.5. The van der Waals surface area contributed by atoms with Gasteiger partial charge in [-0.3, -0.25) is 14.4 Å². The van der Waals surface area contributed by atoms with Gasteiger partial charge < -0.3 is 4.85 Å². The van der Waals surface area contributed by atoms with Crippen LogP contribution in [-0.4, -0.2) is 22.8 Å². The van der Waals surface area contributed by atoms with Crippen molar-refractivity contribution in [3.8, 4) is 0 Å². The molecule has 5 nitrogen and oxygen atoms in total. The van der Waals surface area contributed by atoms with E-state index in [4.69, 9.17) is 24.9 Å². The van der Waals surface area contributed by atoms with Gasteiger partial charge in [0.05, 0.1) is 6.42 Å². The average Bonchev–Trinajstić information content (AvgIpc) is 2.48. The van der Waals surface area contributed by atoms with Gasteiger partial charge in [-0.25, -0.2) is 13.1 Å². The van der Waals surface area contributed by atoms with Gasteiger partial charge in [0.15, 0.2) is 0 Å². The second kappa shape index (κ2) is 10.5. The summed E-state index contributed by atoms with van der Waals surface area (Å²) in [7, 11) is 0. The molecule has 0 unspecified atom stereocenters. The van der Waals surface area contributed by atoms with Crippen molar-refractivity contribution < 1.29 is 9.59 Å². The molecule has 0 aromatic rings. The Balaban J connectivity index is 0.000000197. The van der Waals surface area contributed by atoms with Crippen LogP contribution in [0.4, 0.5) is 0 Å². The van der Waals surface area contributed by atoms with Crippen LogP contribution in [0.25, 0.3) is 9.69 Å². The Morgan fingerprint density at radius 1 is 1.12 bits per heavy atom. The molecule has 3 rings (SSSR count). The number of carbonyl (C=O) groups is 2. The second-order valence-corrected chi connectivity index (χ2v) is 7.63. The van der Waals surface area contributed by atoms with Gasteiger partial charge in [0.25, 0.3) is 5.66 Å². The maximum Gasteiger partial charge on any atom is 0.298 e. The average molecular weight is 378 g/mol. The van der Waals surface area contributed by atoms with Crippen LogP contribution >= 0.6 is 11.8 Å². The Kier molecular flexibility index (Phi) is 8.99. The van der Waals surface area contributed by atoms with Crippen molar-refractivity contribution in [2.24, 2.45) is 0 Å². The van der Waals surface area contributed by atoms with Crippen LogP contribution in [-0.2, 0) is 9.59 Å². The van der Waals surface area contributed by atoms with Crippen LogP contribution < -0.4 is 4.84 Å². The highest BCUT2D eigenvalue weighted by Gasteiger charge is 2.44. The van der Waals surface area contributed by atoms with Crippen molar-refractivity contribution in [3.63, 3.8) is 0 Å². The summed E-state index contributed by atoms with van der Waals surface area (Å²) in [6, 6.07) is 0. The summed E-state index contributed by atoms with van der Waals surface area (Å²) in [5.74, 6) is 0.437. The molecule has 0 spiro atoms. The maximum absolute atomic E-state index is 10.7. The number of nitrogens with zero attached hydrogens (tertiary/aromatic N) is 2. The Morgan fingerprint density at radius 2 is 1.69 bits per heavy atom. The van der Waals surface area contributed by atoms with E-state index >= 15 is 0 Å². The largest absolute Gasteiger partial charge is 0.310 e. The molecule has 2 fully saturated rings. The first-order valence-electron chi connectivity index (χ1n) is 9.12. The summed E-state index contributed by atoms with van der Waals surface area (Å²) in [5, 5.41) is 0. The summed E-state index contributed by atoms with van der Waals surface area (Å²) < 4.78 is 0. The number of nitrogens with one attached hydrogen (secondary N) is 1. The fourth-order valence-electron chi connectivity index (χ4n) is 2.94. The molecule has 142 valence electrons. The first-order chi connectivity index (χ1) is 12.3. The third kappa shape index (κ3) is 6.90. The molecule has 0 aromatic heterocycles. The molecule has 0 amide bonds. The first kappa shape index (κ1) is 22.4. The van der Waals surface area contributed by atoms with Crippen molar-refractivity contribution in [3.05, 3.63) is 34.5 Å². The number of Topliss-reactive ketones (excluding diaryl/α,β-unsaturated/α-hetero) is 2. The van der Waals surface area contributed by atoms with Gasteiger partial charge in [-0.2, -0.15) is 4.84 Å². The molecule has 0 saturated heterocycles. The number of hydrogen-bond acceptors (Lipinski definition) is 3. The van der Waals surface area contributed by atoms with Crippen molar-refractivity contribution >= 4 is 23.3 Å². The number of halogens is 1. The normalized spacial score (nSPS) is 20.4. The first-order valence-corrected chi connectivity index (χ1v) is 9.50. The van der Waals surface area contributed by atoms with Crippen LogP contribution in [0.1, 0.15) is 78.1 Å². The third-order valence-corrected chi connectivity index (χ3v) is 5.40. The van der Waals surface area contributed by atoms with Crippen molar-refractivity contribution in [2.75, 3.05) is 0 Å². The second-order valence-electron chi connectivity index (χ2n) is 7.44. The van der Waals surface area contributed by atoms with E-state index in [1.807, 2.05) is 0 Å². The molecule has 6 heteroatoms. The van der Waals surface area contributed by atoms with Gasteiger partial charge in [-0.1, -0.05) is 11.6 Å². The van der Waals surface area contributed by atoms with Crippen molar-refractivity contribution in [2.45, 2.75) is 89.3 Å². The highest BCUT2D eigenvalue weighted by molar-refractivity contribution is 6.14. The summed E-state index contributed by atoms with van der Waals surface area (Å²) in [6.07, 6.45) is 11.5. The molecule has 3 aliphatic rings. The molecule has 2 saturated carbocycles. The van der Waals surface area contributed by atoms with E-state index in [1.54, 1.807) is 13.8 Å². The molecule has 0 bridgehead atoms. The lowest BCUT2D eigenvalue weighted by atomic mass is 9.74. The molecule has 0 heterocycles. The predicted molar refractivity (Wildman–Crippen MR) is 103 cm³/mol. The SMILES string of the molecule is CC(=O)CC1=CCC1.[C-]#[N+]C1(CC(C)=O)CCC1.[C-]#[N+]C1(NCl)CCC1. The standard InChI is InChI=1S/C8H11NO.C7H10O.C5H7ClN2/c1-7(10)6-8(9-2)4-3-5-8;1-6(8)5-7-3-2-4-7;1-7-5(8-6)3-2-4-5/h3-6H2,1H3;3H,2,4-5H2,1H3;8H,2-4H2. The van der Waals surface area contributed by atoms with Crippen LogP contribution in [0.3, 0.4) is 0 Å². The summed E-state index contributed by atoms with van der Waals surface area (Å²) in [5.41, 5.74) is 0.672. The smallest absolute Gasteiger partial charge is 0.298 e.